The molecule has 2 aromatic rings. The minimum absolute atomic E-state index is 0.232. The lowest BCUT2D eigenvalue weighted by molar-refractivity contribution is 0.102. The molecule has 0 saturated carbocycles. The fourth-order valence-electron chi connectivity index (χ4n) is 1.70. The number of amides is 1. The van der Waals surface area contributed by atoms with E-state index >= 15 is 0 Å². The molecule has 0 spiro atoms. The van der Waals surface area contributed by atoms with Gasteiger partial charge < -0.3 is 19.2 Å². The third-order valence-corrected chi connectivity index (χ3v) is 2.76. The Balaban J connectivity index is 2.28. The zero-order chi connectivity index (χ0) is 13.8. The fraction of sp³-hybridized carbons (Fsp3) is 0.214. The summed E-state index contributed by atoms with van der Waals surface area (Å²) in [6.07, 6.45) is 2.85. The molecule has 19 heavy (non-hydrogen) atoms. The van der Waals surface area contributed by atoms with Crippen molar-refractivity contribution in [2.75, 3.05) is 19.5 Å². The highest BCUT2D eigenvalue weighted by molar-refractivity contribution is 6.04. The molecule has 1 aromatic carbocycles. The van der Waals surface area contributed by atoms with Crippen LogP contribution >= 0.6 is 0 Å². The Kier molecular flexibility index (Phi) is 3.75. The normalized spacial score (nSPS) is 10.1. The summed E-state index contributed by atoms with van der Waals surface area (Å²) in [5.41, 5.74) is 2.02. The van der Waals surface area contributed by atoms with Crippen LogP contribution < -0.4 is 14.8 Å². The Labute approximate surface area is 111 Å². The molecule has 2 rings (SSSR count). The molecule has 1 N–H and O–H groups in total. The number of hydrogen-bond acceptors (Lipinski definition) is 4. The number of anilines is 1. The third kappa shape index (κ3) is 2.70. The van der Waals surface area contributed by atoms with Gasteiger partial charge in [0.25, 0.3) is 5.91 Å². The first-order chi connectivity index (χ1) is 9.15. The van der Waals surface area contributed by atoms with E-state index in [1.165, 1.54) is 12.5 Å². The van der Waals surface area contributed by atoms with Crippen LogP contribution in [0.5, 0.6) is 11.5 Å². The van der Waals surface area contributed by atoms with Crippen LogP contribution in [0.1, 0.15) is 15.9 Å². The van der Waals surface area contributed by atoms with Crippen LogP contribution in [0, 0.1) is 6.92 Å². The first-order valence-corrected chi connectivity index (χ1v) is 5.72. The molecule has 0 radical (unpaired) electrons. The maximum Gasteiger partial charge on any atom is 0.258 e. The summed E-state index contributed by atoms with van der Waals surface area (Å²) in [6.45, 7) is 1.88. The molecule has 1 amide bonds. The molecule has 0 aliphatic heterocycles. The van der Waals surface area contributed by atoms with Crippen molar-refractivity contribution < 1.29 is 18.7 Å². The molecule has 100 valence electrons. The molecule has 0 aliphatic carbocycles. The second-order valence-corrected chi connectivity index (χ2v) is 3.99. The van der Waals surface area contributed by atoms with E-state index in [1.807, 2.05) is 13.0 Å². The van der Waals surface area contributed by atoms with Crippen LogP contribution in [0.4, 0.5) is 5.69 Å². The molecule has 1 aromatic heterocycles. The monoisotopic (exact) mass is 261 g/mol. The van der Waals surface area contributed by atoms with Crippen molar-refractivity contribution in [2.45, 2.75) is 6.92 Å². The average molecular weight is 261 g/mol. The minimum atomic E-state index is -0.232. The van der Waals surface area contributed by atoms with Crippen LogP contribution in [0.25, 0.3) is 0 Å². The number of furan rings is 1. The summed E-state index contributed by atoms with van der Waals surface area (Å²) in [5.74, 6) is 0.959. The van der Waals surface area contributed by atoms with Crippen molar-refractivity contribution in [2.24, 2.45) is 0 Å². The Hall–Kier alpha value is -2.43. The highest BCUT2D eigenvalue weighted by Gasteiger charge is 2.12. The predicted octanol–water partition coefficient (Wildman–Crippen LogP) is 2.86. The van der Waals surface area contributed by atoms with Gasteiger partial charge in [-0.05, 0) is 24.6 Å². The number of ether oxygens (including phenoxy) is 2. The number of nitrogens with one attached hydrogen (secondary N) is 1. The smallest absolute Gasteiger partial charge is 0.258 e. The maximum atomic E-state index is 11.9. The van der Waals surface area contributed by atoms with Gasteiger partial charge in [0.1, 0.15) is 6.26 Å². The zero-order valence-corrected chi connectivity index (χ0v) is 11.0. The molecular formula is C14H15NO4. The van der Waals surface area contributed by atoms with Gasteiger partial charge >= 0.3 is 0 Å². The van der Waals surface area contributed by atoms with Crippen LogP contribution in [0.3, 0.4) is 0 Å². The SMILES string of the molecule is COc1cc(C)c(NC(=O)c2ccoc2)cc1OC. The Morgan fingerprint density at radius 3 is 2.47 bits per heavy atom. The molecule has 0 bridgehead atoms. The Morgan fingerprint density at radius 2 is 1.89 bits per heavy atom. The minimum Gasteiger partial charge on any atom is -0.493 e. The highest BCUT2D eigenvalue weighted by Crippen LogP contribution is 2.33. The van der Waals surface area contributed by atoms with Crippen molar-refractivity contribution in [3.05, 3.63) is 41.9 Å². The molecule has 0 fully saturated rings. The van der Waals surface area contributed by atoms with Gasteiger partial charge in [0.05, 0.1) is 26.0 Å². The van der Waals surface area contributed by atoms with E-state index in [0.717, 1.165) is 5.56 Å². The van der Waals surface area contributed by atoms with E-state index in [1.54, 1.807) is 26.4 Å². The molecule has 0 aliphatic rings. The Morgan fingerprint density at radius 1 is 1.21 bits per heavy atom. The summed E-state index contributed by atoms with van der Waals surface area (Å²) < 4.78 is 15.3. The lowest BCUT2D eigenvalue weighted by Crippen LogP contribution is -2.12. The van der Waals surface area contributed by atoms with Crippen molar-refractivity contribution in [3.8, 4) is 11.5 Å². The van der Waals surface area contributed by atoms with Crippen LogP contribution in [0.2, 0.25) is 0 Å². The standard InChI is InChI=1S/C14H15NO4/c1-9-6-12(17-2)13(18-3)7-11(9)15-14(16)10-4-5-19-8-10/h4-8H,1-3H3,(H,15,16). The molecule has 0 atom stereocenters. The predicted molar refractivity (Wildman–Crippen MR) is 70.9 cm³/mol. The first kappa shape index (κ1) is 13.0. The summed E-state index contributed by atoms with van der Waals surface area (Å²) >= 11 is 0. The second-order valence-electron chi connectivity index (χ2n) is 3.99. The number of carbonyl (C=O) groups is 1. The topological polar surface area (TPSA) is 60.7 Å². The largest absolute Gasteiger partial charge is 0.493 e. The number of carbonyl (C=O) groups excluding carboxylic acids is 1. The molecule has 5 nitrogen and oxygen atoms in total. The van der Waals surface area contributed by atoms with Gasteiger partial charge in [-0.15, -0.1) is 0 Å². The average Bonchev–Trinajstić information content (AvgIpc) is 2.94. The quantitative estimate of drug-likeness (QED) is 0.919. The van der Waals surface area contributed by atoms with Crippen LogP contribution in [-0.4, -0.2) is 20.1 Å². The van der Waals surface area contributed by atoms with E-state index < -0.39 is 0 Å². The summed E-state index contributed by atoms with van der Waals surface area (Å²) in [4.78, 5) is 11.9. The molecule has 0 unspecified atom stereocenters. The van der Waals surface area contributed by atoms with Gasteiger partial charge in [-0.25, -0.2) is 0 Å². The van der Waals surface area contributed by atoms with E-state index in [2.05, 4.69) is 5.32 Å². The maximum absolute atomic E-state index is 11.9. The van der Waals surface area contributed by atoms with Gasteiger partial charge in [0, 0.05) is 11.8 Å². The van der Waals surface area contributed by atoms with Crippen LogP contribution in [-0.2, 0) is 0 Å². The molecule has 5 heteroatoms. The van der Waals surface area contributed by atoms with Crippen molar-refractivity contribution >= 4 is 11.6 Å². The van der Waals surface area contributed by atoms with Gasteiger partial charge in [-0.1, -0.05) is 0 Å². The molecule has 1 heterocycles. The van der Waals surface area contributed by atoms with E-state index in [0.29, 0.717) is 22.7 Å². The van der Waals surface area contributed by atoms with E-state index in [9.17, 15) is 4.79 Å². The van der Waals surface area contributed by atoms with Crippen molar-refractivity contribution in [3.63, 3.8) is 0 Å². The second kappa shape index (κ2) is 5.48. The summed E-state index contributed by atoms with van der Waals surface area (Å²) in [6, 6.07) is 5.14. The van der Waals surface area contributed by atoms with Crippen LogP contribution in [0.15, 0.2) is 35.1 Å². The van der Waals surface area contributed by atoms with Gasteiger partial charge in [0.2, 0.25) is 0 Å². The highest BCUT2D eigenvalue weighted by atomic mass is 16.5. The summed E-state index contributed by atoms with van der Waals surface area (Å²) in [5, 5.41) is 2.80. The molecule has 0 saturated heterocycles. The third-order valence-electron chi connectivity index (χ3n) is 2.76. The van der Waals surface area contributed by atoms with E-state index in [4.69, 9.17) is 13.9 Å². The zero-order valence-electron chi connectivity index (χ0n) is 11.0. The lowest BCUT2D eigenvalue weighted by atomic mass is 10.1. The van der Waals surface area contributed by atoms with Crippen molar-refractivity contribution in [1.82, 2.24) is 0 Å². The van der Waals surface area contributed by atoms with E-state index in [-0.39, 0.29) is 5.91 Å². The number of aryl methyl sites for hydroxylation is 1. The number of hydrogen-bond donors (Lipinski definition) is 1. The number of methoxy groups -OCH3 is 2. The van der Waals surface area contributed by atoms with Gasteiger partial charge in [0.15, 0.2) is 11.5 Å². The molecular weight excluding hydrogens is 246 g/mol. The summed E-state index contributed by atoms with van der Waals surface area (Å²) in [7, 11) is 3.12. The first-order valence-electron chi connectivity index (χ1n) is 5.72. The Bertz CT molecular complexity index is 575. The number of rotatable bonds is 4. The van der Waals surface area contributed by atoms with Crippen molar-refractivity contribution in [1.29, 1.82) is 0 Å². The number of benzene rings is 1. The lowest BCUT2D eigenvalue weighted by Gasteiger charge is -2.13. The fourth-order valence-corrected chi connectivity index (χ4v) is 1.70. The van der Waals surface area contributed by atoms with Gasteiger partial charge in [-0.2, -0.15) is 0 Å². The van der Waals surface area contributed by atoms with Gasteiger partial charge in [-0.3, -0.25) is 4.79 Å².